The van der Waals surface area contributed by atoms with E-state index in [2.05, 4.69) is 11.8 Å². The zero-order valence-electron chi connectivity index (χ0n) is 16.9. The lowest BCUT2D eigenvalue weighted by molar-refractivity contribution is -0.135. The molecule has 28 heavy (non-hydrogen) atoms. The smallest absolute Gasteiger partial charge is 0.253 e. The van der Waals surface area contributed by atoms with Crippen molar-refractivity contribution in [2.75, 3.05) is 19.6 Å². The third-order valence-electron chi connectivity index (χ3n) is 6.15. The summed E-state index contributed by atoms with van der Waals surface area (Å²) in [6.45, 7) is 4.36. The van der Waals surface area contributed by atoms with Crippen molar-refractivity contribution in [2.24, 2.45) is 11.7 Å². The molecule has 1 heterocycles. The van der Waals surface area contributed by atoms with E-state index in [0.29, 0.717) is 12.3 Å². The van der Waals surface area contributed by atoms with Crippen molar-refractivity contribution in [1.82, 2.24) is 9.80 Å². The number of amides is 2. The second kappa shape index (κ2) is 10.8. The van der Waals surface area contributed by atoms with Crippen LogP contribution in [0.3, 0.4) is 0 Å². The molecule has 6 heteroatoms. The summed E-state index contributed by atoms with van der Waals surface area (Å²) in [5.74, 6) is 0.697. The lowest BCUT2D eigenvalue weighted by Gasteiger charge is -2.39. The zero-order chi connectivity index (χ0) is 19.2. The average molecular weight is 408 g/mol. The fourth-order valence-electron chi connectivity index (χ4n) is 4.56. The number of piperidine rings is 1. The van der Waals surface area contributed by atoms with Crippen molar-refractivity contribution in [1.29, 1.82) is 0 Å². The Hall–Kier alpha value is -1.59. The second-order valence-electron chi connectivity index (χ2n) is 8.04. The van der Waals surface area contributed by atoms with Gasteiger partial charge in [-0.2, -0.15) is 0 Å². The van der Waals surface area contributed by atoms with Gasteiger partial charge in [-0.25, -0.2) is 0 Å². The molecular formula is C22H34ClN3O2. The topological polar surface area (TPSA) is 66.6 Å². The number of carbonyl (C=O) groups excluding carboxylic acids is 2. The maximum absolute atomic E-state index is 13.0. The van der Waals surface area contributed by atoms with Gasteiger partial charge >= 0.3 is 0 Å². The molecule has 0 aromatic heterocycles. The van der Waals surface area contributed by atoms with E-state index in [1.54, 1.807) is 0 Å². The zero-order valence-corrected chi connectivity index (χ0v) is 17.7. The van der Waals surface area contributed by atoms with Crippen LogP contribution in [0.4, 0.5) is 0 Å². The molecule has 2 atom stereocenters. The molecule has 1 saturated heterocycles. The van der Waals surface area contributed by atoms with Crippen molar-refractivity contribution >= 4 is 24.2 Å². The maximum Gasteiger partial charge on any atom is 0.253 e. The molecule has 156 valence electrons. The normalized spacial score (nSPS) is 22.6. The highest BCUT2D eigenvalue weighted by molar-refractivity contribution is 5.94. The summed E-state index contributed by atoms with van der Waals surface area (Å²) in [5.41, 5.74) is 6.91. The van der Waals surface area contributed by atoms with Crippen molar-refractivity contribution in [3.63, 3.8) is 0 Å². The first-order valence-electron chi connectivity index (χ1n) is 10.5. The van der Waals surface area contributed by atoms with E-state index in [4.69, 9.17) is 5.73 Å². The largest absolute Gasteiger partial charge is 0.340 e. The number of carbonyl (C=O) groups is 2. The first-order chi connectivity index (χ1) is 13.1. The SMILES string of the molecule is CCCN(C(=O)C[C@@H]1CCC[C@H]1N)C1CCN(C(=O)c2ccccc2)CC1.Cl. The van der Waals surface area contributed by atoms with Gasteiger partial charge in [-0.15, -0.1) is 12.4 Å². The minimum Gasteiger partial charge on any atom is -0.340 e. The van der Waals surface area contributed by atoms with E-state index >= 15 is 0 Å². The summed E-state index contributed by atoms with van der Waals surface area (Å²) in [6, 6.07) is 9.88. The predicted molar refractivity (Wildman–Crippen MR) is 115 cm³/mol. The molecule has 0 bridgehead atoms. The molecule has 1 aromatic carbocycles. The second-order valence-corrected chi connectivity index (χ2v) is 8.04. The van der Waals surface area contributed by atoms with E-state index in [1.807, 2.05) is 35.2 Å². The van der Waals surface area contributed by atoms with Crippen LogP contribution in [0.5, 0.6) is 0 Å². The molecular weight excluding hydrogens is 374 g/mol. The molecule has 1 aliphatic carbocycles. The van der Waals surface area contributed by atoms with Crippen LogP contribution >= 0.6 is 12.4 Å². The maximum atomic E-state index is 13.0. The summed E-state index contributed by atoms with van der Waals surface area (Å²) >= 11 is 0. The molecule has 1 saturated carbocycles. The first kappa shape index (κ1) is 22.7. The summed E-state index contributed by atoms with van der Waals surface area (Å²) in [6.07, 6.45) is 6.55. The molecule has 5 nitrogen and oxygen atoms in total. The Kier molecular flexibility index (Phi) is 8.77. The van der Waals surface area contributed by atoms with Crippen molar-refractivity contribution in [2.45, 2.75) is 64.0 Å². The summed E-state index contributed by atoms with van der Waals surface area (Å²) in [5, 5.41) is 0. The van der Waals surface area contributed by atoms with Crippen LogP contribution in [-0.2, 0) is 4.79 Å². The summed E-state index contributed by atoms with van der Waals surface area (Å²) < 4.78 is 0. The Labute approximate surface area is 175 Å². The minimum absolute atomic E-state index is 0. The standard InChI is InChI=1S/C22H33N3O2.ClH/c1-2-13-25(21(26)16-18-9-6-10-20(18)23)19-11-14-24(15-12-19)22(27)17-7-4-3-5-8-17;/h3-5,7-8,18-20H,2,6,9-16,23H2,1H3;1H/t18-,20+;/m0./s1. The number of hydrogen-bond donors (Lipinski definition) is 1. The van der Waals surface area contributed by atoms with Crippen LogP contribution in [0, 0.1) is 5.92 Å². The van der Waals surface area contributed by atoms with Crippen LogP contribution in [0.1, 0.15) is 62.2 Å². The van der Waals surface area contributed by atoms with E-state index < -0.39 is 0 Å². The fourth-order valence-corrected chi connectivity index (χ4v) is 4.56. The van der Waals surface area contributed by atoms with Gasteiger partial charge in [0.05, 0.1) is 0 Å². The number of nitrogens with two attached hydrogens (primary N) is 1. The fraction of sp³-hybridized carbons (Fsp3) is 0.636. The Balaban J connectivity index is 0.00000280. The van der Waals surface area contributed by atoms with Gasteiger partial charge in [0.2, 0.25) is 5.91 Å². The lowest BCUT2D eigenvalue weighted by Crippen LogP contribution is -2.49. The van der Waals surface area contributed by atoms with E-state index in [-0.39, 0.29) is 36.3 Å². The minimum atomic E-state index is 0. The summed E-state index contributed by atoms with van der Waals surface area (Å²) in [4.78, 5) is 29.6. The Bertz CT molecular complexity index is 632. The van der Waals surface area contributed by atoms with Gasteiger partial charge in [0, 0.05) is 43.7 Å². The average Bonchev–Trinajstić information content (AvgIpc) is 3.11. The van der Waals surface area contributed by atoms with Gasteiger partial charge < -0.3 is 15.5 Å². The highest BCUT2D eigenvalue weighted by Gasteiger charge is 2.32. The van der Waals surface area contributed by atoms with Crippen LogP contribution in [0.2, 0.25) is 0 Å². The highest BCUT2D eigenvalue weighted by Crippen LogP contribution is 2.28. The number of rotatable bonds is 6. The molecule has 1 aromatic rings. The Morgan fingerprint density at radius 1 is 1.11 bits per heavy atom. The van der Waals surface area contributed by atoms with Crippen molar-refractivity contribution in [3.8, 4) is 0 Å². The molecule has 2 amide bonds. The van der Waals surface area contributed by atoms with Gasteiger partial charge in [0.15, 0.2) is 0 Å². The van der Waals surface area contributed by atoms with Gasteiger partial charge in [-0.05, 0) is 50.2 Å². The third kappa shape index (κ3) is 5.48. The van der Waals surface area contributed by atoms with Crippen molar-refractivity contribution in [3.05, 3.63) is 35.9 Å². The van der Waals surface area contributed by atoms with Crippen LogP contribution in [0.25, 0.3) is 0 Å². The molecule has 0 unspecified atom stereocenters. The molecule has 2 aliphatic rings. The monoisotopic (exact) mass is 407 g/mol. The van der Waals surface area contributed by atoms with Crippen LogP contribution in [-0.4, -0.2) is 53.3 Å². The number of nitrogens with zero attached hydrogens (tertiary/aromatic N) is 2. The molecule has 1 aliphatic heterocycles. The number of halogens is 1. The number of hydrogen-bond acceptors (Lipinski definition) is 3. The van der Waals surface area contributed by atoms with Gasteiger partial charge in [-0.3, -0.25) is 9.59 Å². The van der Waals surface area contributed by atoms with Gasteiger partial charge in [-0.1, -0.05) is 31.5 Å². The molecule has 0 spiro atoms. The van der Waals surface area contributed by atoms with Crippen LogP contribution < -0.4 is 5.73 Å². The highest BCUT2D eigenvalue weighted by atomic mass is 35.5. The summed E-state index contributed by atoms with van der Waals surface area (Å²) in [7, 11) is 0. The van der Waals surface area contributed by atoms with Crippen LogP contribution in [0.15, 0.2) is 30.3 Å². The Morgan fingerprint density at radius 2 is 1.79 bits per heavy atom. The number of benzene rings is 1. The molecule has 2 N–H and O–H groups in total. The van der Waals surface area contributed by atoms with E-state index in [1.165, 1.54) is 0 Å². The van der Waals surface area contributed by atoms with E-state index in [9.17, 15) is 9.59 Å². The van der Waals surface area contributed by atoms with Gasteiger partial charge in [0.1, 0.15) is 0 Å². The van der Waals surface area contributed by atoms with Gasteiger partial charge in [0.25, 0.3) is 5.91 Å². The molecule has 3 rings (SSSR count). The Morgan fingerprint density at radius 3 is 2.36 bits per heavy atom. The van der Waals surface area contributed by atoms with E-state index in [0.717, 1.165) is 63.7 Å². The number of likely N-dealkylation sites (tertiary alicyclic amines) is 1. The van der Waals surface area contributed by atoms with Crippen molar-refractivity contribution < 1.29 is 9.59 Å². The quantitative estimate of drug-likeness (QED) is 0.785. The third-order valence-corrected chi connectivity index (χ3v) is 6.15. The first-order valence-corrected chi connectivity index (χ1v) is 10.5. The molecule has 0 radical (unpaired) electrons. The molecule has 2 fully saturated rings. The lowest BCUT2D eigenvalue weighted by atomic mass is 9.97. The predicted octanol–water partition coefficient (Wildman–Crippen LogP) is 3.47.